The molecule has 2 aromatic rings. The lowest BCUT2D eigenvalue weighted by molar-refractivity contribution is 0.0708. The van der Waals surface area contributed by atoms with Crippen molar-refractivity contribution in [2.24, 2.45) is 11.8 Å². The van der Waals surface area contributed by atoms with Gasteiger partial charge in [0.25, 0.3) is 0 Å². The number of ether oxygens (including phenoxy) is 2. The van der Waals surface area contributed by atoms with Crippen LogP contribution in [0.4, 0.5) is 0 Å². The van der Waals surface area contributed by atoms with Crippen molar-refractivity contribution in [3.8, 4) is 5.75 Å². The van der Waals surface area contributed by atoms with Gasteiger partial charge in [0.1, 0.15) is 18.5 Å². The van der Waals surface area contributed by atoms with Crippen molar-refractivity contribution in [1.82, 2.24) is 4.90 Å². The first kappa shape index (κ1) is 20.0. The zero-order valence-electron chi connectivity index (χ0n) is 17.4. The van der Waals surface area contributed by atoms with Crippen molar-refractivity contribution >= 4 is 16.3 Å². The molecule has 4 atom stereocenters. The summed E-state index contributed by atoms with van der Waals surface area (Å²) >= 11 is 0. The molecule has 0 bridgehead atoms. The second-order valence-corrected chi connectivity index (χ2v) is 9.11. The molecule has 0 aromatic heterocycles. The third kappa shape index (κ3) is 4.40. The van der Waals surface area contributed by atoms with E-state index in [0.717, 1.165) is 50.1 Å². The van der Waals surface area contributed by atoms with Crippen LogP contribution < -0.4 is 4.74 Å². The lowest BCUT2D eigenvalue weighted by Crippen LogP contribution is -2.35. The van der Waals surface area contributed by atoms with Gasteiger partial charge in [0.05, 0.1) is 19.3 Å². The maximum absolute atomic E-state index is 10.4. The molecule has 3 aliphatic rings. The topological polar surface area (TPSA) is 62.2 Å². The van der Waals surface area contributed by atoms with E-state index in [-0.39, 0.29) is 6.10 Å². The number of rotatable bonds is 6. The Bertz CT molecular complexity index is 913. The molecule has 1 saturated heterocycles. The number of likely N-dealkylation sites (tertiary alicyclic amines) is 1. The van der Waals surface area contributed by atoms with E-state index < -0.39 is 6.10 Å². The summed E-state index contributed by atoms with van der Waals surface area (Å²) in [5.74, 6) is 1.98. The molecule has 2 N–H and O–H groups in total. The van der Waals surface area contributed by atoms with E-state index in [2.05, 4.69) is 35.2 Å². The van der Waals surface area contributed by atoms with Crippen LogP contribution in [0.3, 0.4) is 0 Å². The van der Waals surface area contributed by atoms with Crippen LogP contribution in [0.15, 0.2) is 42.5 Å². The van der Waals surface area contributed by atoms with Crippen molar-refractivity contribution in [3.63, 3.8) is 0 Å². The molecule has 1 aliphatic carbocycles. The summed E-state index contributed by atoms with van der Waals surface area (Å²) in [7, 11) is 0. The van der Waals surface area contributed by atoms with Gasteiger partial charge in [-0.05, 0) is 71.2 Å². The van der Waals surface area contributed by atoms with E-state index in [9.17, 15) is 10.2 Å². The molecule has 5 nitrogen and oxygen atoms in total. The highest BCUT2D eigenvalue weighted by molar-refractivity contribution is 5.87. The molecule has 2 aromatic carbocycles. The fourth-order valence-electron chi connectivity index (χ4n) is 5.36. The average Bonchev–Trinajstić information content (AvgIpc) is 3.29. The maximum Gasteiger partial charge on any atom is 0.120 e. The van der Waals surface area contributed by atoms with Gasteiger partial charge in [-0.3, -0.25) is 0 Å². The predicted molar refractivity (Wildman–Crippen MR) is 118 cm³/mol. The molecule has 30 heavy (non-hydrogen) atoms. The van der Waals surface area contributed by atoms with E-state index in [1.165, 1.54) is 16.5 Å². The third-order valence-corrected chi connectivity index (χ3v) is 6.86. The van der Waals surface area contributed by atoms with E-state index in [1.807, 2.05) is 12.1 Å². The van der Waals surface area contributed by atoms with Crippen molar-refractivity contribution in [2.75, 3.05) is 39.5 Å². The highest BCUT2D eigenvalue weighted by Crippen LogP contribution is 2.38. The van der Waals surface area contributed by atoms with Crippen molar-refractivity contribution in [3.05, 3.63) is 48.0 Å². The van der Waals surface area contributed by atoms with Crippen molar-refractivity contribution < 1.29 is 19.7 Å². The monoisotopic (exact) mass is 409 g/mol. The fourth-order valence-corrected chi connectivity index (χ4v) is 5.36. The van der Waals surface area contributed by atoms with Gasteiger partial charge < -0.3 is 24.6 Å². The first-order valence-corrected chi connectivity index (χ1v) is 11.2. The Morgan fingerprint density at radius 3 is 2.60 bits per heavy atom. The van der Waals surface area contributed by atoms with Crippen LogP contribution in [0.2, 0.25) is 0 Å². The highest BCUT2D eigenvalue weighted by Gasteiger charge is 2.40. The summed E-state index contributed by atoms with van der Waals surface area (Å²) in [6, 6.07) is 12.7. The van der Waals surface area contributed by atoms with Crippen LogP contribution in [0.1, 0.15) is 24.8 Å². The molecule has 2 fully saturated rings. The fraction of sp³-hybridized carbons (Fsp3) is 0.520. The predicted octanol–water partition coefficient (Wildman–Crippen LogP) is 3.09. The molecule has 160 valence electrons. The lowest BCUT2D eigenvalue weighted by Gasteiger charge is -2.21. The summed E-state index contributed by atoms with van der Waals surface area (Å²) in [5, 5.41) is 22.6. The Kier molecular flexibility index (Phi) is 5.79. The Morgan fingerprint density at radius 2 is 1.83 bits per heavy atom. The molecule has 0 amide bonds. The van der Waals surface area contributed by atoms with Gasteiger partial charge in [-0.2, -0.15) is 0 Å². The van der Waals surface area contributed by atoms with E-state index in [4.69, 9.17) is 9.47 Å². The molecular formula is C25H31NO4. The first-order chi connectivity index (χ1) is 14.6. The second-order valence-electron chi connectivity index (χ2n) is 9.11. The molecule has 5 heteroatoms. The van der Waals surface area contributed by atoms with E-state index in [0.29, 0.717) is 31.6 Å². The standard InChI is InChI=1S/C25H31NO4/c27-23-10-21-13-26(14-22(21)11-23)15-24(28)16-30-25-4-3-19-9-18(1-2-20(19)12-25)17-5-7-29-8-6-17/h1-5,9,12,21-24,27-28H,6-8,10-11,13-16H2/t21-,22+,23?,24?. The van der Waals surface area contributed by atoms with Gasteiger partial charge in [0.2, 0.25) is 0 Å². The first-order valence-electron chi connectivity index (χ1n) is 11.2. The minimum atomic E-state index is -0.507. The number of benzene rings is 2. The molecule has 2 unspecified atom stereocenters. The lowest BCUT2D eigenvalue weighted by atomic mass is 9.98. The van der Waals surface area contributed by atoms with Crippen LogP contribution >= 0.6 is 0 Å². The SMILES string of the molecule is OC1C[C@@H]2CN(CC(O)COc3ccc4cc(C5=CCOCC5)ccc4c3)C[C@@H]2C1. The van der Waals surface area contributed by atoms with Crippen LogP contribution in [0.5, 0.6) is 5.75 Å². The Morgan fingerprint density at radius 1 is 1.07 bits per heavy atom. The van der Waals surface area contributed by atoms with Crippen molar-refractivity contribution in [1.29, 1.82) is 0 Å². The summed E-state index contributed by atoms with van der Waals surface area (Å²) in [6.07, 6.45) is 4.33. The largest absolute Gasteiger partial charge is 0.491 e. The number of β-amino-alcohol motifs (C(OH)–C–C–N with tert-alkyl or cyclic N) is 1. The Hall–Kier alpha value is -1.92. The van der Waals surface area contributed by atoms with Gasteiger partial charge >= 0.3 is 0 Å². The van der Waals surface area contributed by atoms with Gasteiger partial charge in [-0.15, -0.1) is 0 Å². The average molecular weight is 410 g/mol. The highest BCUT2D eigenvalue weighted by atomic mass is 16.5. The smallest absolute Gasteiger partial charge is 0.120 e. The van der Waals surface area contributed by atoms with Crippen LogP contribution in [-0.2, 0) is 4.74 Å². The molecule has 0 spiro atoms. The van der Waals surface area contributed by atoms with Crippen LogP contribution in [0.25, 0.3) is 16.3 Å². The maximum atomic E-state index is 10.4. The molecule has 0 radical (unpaired) electrons. The van der Waals surface area contributed by atoms with Gasteiger partial charge in [-0.1, -0.05) is 24.3 Å². The minimum Gasteiger partial charge on any atom is -0.491 e. The Labute approximate surface area is 177 Å². The Balaban J connectivity index is 1.16. The zero-order chi connectivity index (χ0) is 20.5. The van der Waals surface area contributed by atoms with Gasteiger partial charge in [0.15, 0.2) is 0 Å². The molecule has 2 heterocycles. The summed E-state index contributed by atoms with van der Waals surface area (Å²) in [4.78, 5) is 2.32. The van der Waals surface area contributed by atoms with Gasteiger partial charge in [-0.25, -0.2) is 0 Å². The van der Waals surface area contributed by atoms with Gasteiger partial charge in [0, 0.05) is 19.6 Å². The normalized spacial score (nSPS) is 27.8. The second kappa shape index (κ2) is 8.67. The number of fused-ring (bicyclic) bond motifs is 2. The molecular weight excluding hydrogens is 378 g/mol. The van der Waals surface area contributed by atoms with Crippen LogP contribution in [0, 0.1) is 11.8 Å². The summed E-state index contributed by atoms with van der Waals surface area (Å²) in [5.41, 5.74) is 2.62. The molecule has 1 saturated carbocycles. The number of hydrogen-bond donors (Lipinski definition) is 2. The molecule has 2 aliphatic heterocycles. The quantitative estimate of drug-likeness (QED) is 0.768. The summed E-state index contributed by atoms with van der Waals surface area (Å²) < 4.78 is 11.3. The number of aliphatic hydroxyl groups is 2. The third-order valence-electron chi connectivity index (χ3n) is 6.86. The molecule has 5 rings (SSSR count). The van der Waals surface area contributed by atoms with E-state index in [1.54, 1.807) is 0 Å². The zero-order valence-corrected chi connectivity index (χ0v) is 17.4. The number of nitrogens with zero attached hydrogens (tertiary/aromatic N) is 1. The van der Waals surface area contributed by atoms with Crippen molar-refractivity contribution in [2.45, 2.75) is 31.5 Å². The summed E-state index contributed by atoms with van der Waals surface area (Å²) in [6.45, 7) is 4.39. The number of aliphatic hydroxyl groups excluding tert-OH is 2. The van der Waals surface area contributed by atoms with Crippen LogP contribution in [-0.4, -0.2) is 66.8 Å². The number of hydrogen-bond acceptors (Lipinski definition) is 5. The van der Waals surface area contributed by atoms with E-state index >= 15 is 0 Å². The minimum absolute atomic E-state index is 0.118.